The molecule has 0 radical (unpaired) electrons. The molecular weight excluding hydrogens is 522 g/mol. The largest absolute Gasteiger partial charge is 0.479 e. The zero-order valence-electron chi connectivity index (χ0n) is 17.1. The van der Waals surface area contributed by atoms with Gasteiger partial charge < -0.3 is 41.9 Å². The Labute approximate surface area is 198 Å². The molecule has 0 aromatic carbocycles. The third-order valence-electron chi connectivity index (χ3n) is 4.15. The van der Waals surface area contributed by atoms with Crippen molar-refractivity contribution in [1.29, 1.82) is 0 Å². The number of β-lactam (4-membered cyclic amide) rings is 1. The van der Waals surface area contributed by atoms with Crippen molar-refractivity contribution < 1.29 is 56.4 Å². The predicted octanol–water partition coefficient (Wildman–Crippen LogP) is -3.41. The van der Waals surface area contributed by atoms with Crippen LogP contribution in [0.5, 0.6) is 0 Å². The van der Waals surface area contributed by atoms with Gasteiger partial charge in [-0.15, -0.1) is 11.3 Å². The summed E-state index contributed by atoms with van der Waals surface area (Å²) >= 11 is 0.859. The van der Waals surface area contributed by atoms with E-state index in [1.807, 2.05) is 5.32 Å². The van der Waals surface area contributed by atoms with E-state index >= 15 is 0 Å². The van der Waals surface area contributed by atoms with Gasteiger partial charge in [0.2, 0.25) is 6.61 Å². The smallest absolute Gasteiger partial charge is 0.404 e. The number of nitrogens with two attached hydrogens (primary N) is 3. The number of hydrogen-bond acceptors (Lipinski definition) is 14. The average Bonchev–Trinajstić information content (AvgIpc) is 3.15. The van der Waals surface area contributed by atoms with Crippen molar-refractivity contribution >= 4 is 62.5 Å². The number of hydrogen-bond donors (Lipinski definition) is 6. The molecule has 192 valence electrons. The number of nitrogens with zero attached hydrogens (tertiary/aromatic N) is 3. The third-order valence-corrected chi connectivity index (χ3v) is 5.83. The van der Waals surface area contributed by atoms with Crippen LogP contribution in [0.25, 0.3) is 0 Å². The van der Waals surface area contributed by atoms with Gasteiger partial charge in [-0.2, -0.15) is 12.7 Å². The van der Waals surface area contributed by atoms with Crippen LogP contribution in [0.15, 0.2) is 10.5 Å². The second-order valence-electron chi connectivity index (χ2n) is 6.48. The summed E-state index contributed by atoms with van der Waals surface area (Å²) in [5.41, 5.74) is 11.9. The zero-order chi connectivity index (χ0) is 26.6. The number of aromatic nitrogens is 1. The average molecular weight is 539 g/mol. The molecule has 1 aliphatic rings. The van der Waals surface area contributed by atoms with Crippen LogP contribution in [0, 0.1) is 0 Å². The van der Waals surface area contributed by atoms with Crippen molar-refractivity contribution in [3.05, 3.63) is 11.1 Å². The summed E-state index contributed by atoms with van der Waals surface area (Å²) < 4.78 is 42.0. The molecule has 21 heteroatoms. The number of carboxylic acids is 1. The van der Waals surface area contributed by atoms with Gasteiger partial charge in [0.15, 0.2) is 16.4 Å². The maximum atomic E-state index is 12.9. The maximum Gasteiger partial charge on any atom is 0.404 e. The number of primary amides is 2. The SMILES string of the molecule is NC(=O)OCC1(COC(N)=O)C(NC(=O)/C(=N\OCC(=O)O)c2csc(N)n2)C(=O)N1S(=O)(=O)O. The zero-order valence-corrected chi connectivity index (χ0v) is 18.8. The number of carboxylic acid groups (broad SMARTS) is 1. The highest BCUT2D eigenvalue weighted by atomic mass is 32.2. The molecule has 9 N–H and O–H groups in total. The van der Waals surface area contributed by atoms with E-state index in [4.69, 9.17) is 22.3 Å². The number of carbonyl (C=O) groups is 5. The molecule has 0 aliphatic carbocycles. The van der Waals surface area contributed by atoms with Gasteiger partial charge in [0.1, 0.15) is 24.9 Å². The molecule has 1 aromatic heterocycles. The maximum absolute atomic E-state index is 12.9. The van der Waals surface area contributed by atoms with Crippen molar-refractivity contribution in [2.45, 2.75) is 11.6 Å². The Morgan fingerprint density at radius 1 is 1.23 bits per heavy atom. The molecule has 2 rings (SSSR count). The lowest BCUT2D eigenvalue weighted by Gasteiger charge is -2.53. The molecule has 1 fully saturated rings. The summed E-state index contributed by atoms with van der Waals surface area (Å²) in [6, 6.07) is -1.95. The molecular formula is C14H17N7O12S2. The van der Waals surface area contributed by atoms with E-state index in [1.54, 1.807) is 0 Å². The van der Waals surface area contributed by atoms with Crippen LogP contribution in [0.4, 0.5) is 14.7 Å². The first-order valence-electron chi connectivity index (χ1n) is 8.79. The Hall–Kier alpha value is -4.24. The van der Waals surface area contributed by atoms with E-state index in [-0.39, 0.29) is 15.1 Å². The van der Waals surface area contributed by atoms with Gasteiger partial charge in [-0.3, -0.25) is 14.1 Å². The van der Waals surface area contributed by atoms with Crippen LogP contribution in [-0.4, -0.2) is 94.4 Å². The van der Waals surface area contributed by atoms with Gasteiger partial charge in [0.05, 0.1) is 0 Å². The van der Waals surface area contributed by atoms with Crippen LogP contribution in [0.3, 0.4) is 0 Å². The minimum atomic E-state index is -5.36. The van der Waals surface area contributed by atoms with E-state index in [0.717, 1.165) is 11.3 Å². The molecule has 0 bridgehead atoms. The highest BCUT2D eigenvalue weighted by Crippen LogP contribution is 2.36. The lowest BCUT2D eigenvalue weighted by molar-refractivity contribution is -0.162. The van der Waals surface area contributed by atoms with E-state index in [2.05, 4.69) is 24.5 Å². The fourth-order valence-corrected chi connectivity index (χ4v) is 4.38. The van der Waals surface area contributed by atoms with E-state index < -0.39 is 77.4 Å². The van der Waals surface area contributed by atoms with Crippen LogP contribution < -0.4 is 22.5 Å². The van der Waals surface area contributed by atoms with Gasteiger partial charge in [0, 0.05) is 5.38 Å². The summed E-state index contributed by atoms with van der Waals surface area (Å²) in [6.45, 7) is -3.17. The quantitative estimate of drug-likeness (QED) is 0.0690. The molecule has 4 amide bonds. The number of oxime groups is 1. The molecule has 1 unspecified atom stereocenters. The summed E-state index contributed by atoms with van der Waals surface area (Å²) in [6.07, 6.45) is -2.91. The molecule has 1 aliphatic heterocycles. The molecule has 0 saturated carbocycles. The van der Waals surface area contributed by atoms with Crippen molar-refractivity contribution in [3.8, 4) is 0 Å². The predicted molar refractivity (Wildman–Crippen MR) is 111 cm³/mol. The van der Waals surface area contributed by atoms with Crippen molar-refractivity contribution in [3.63, 3.8) is 0 Å². The normalized spacial score (nSPS) is 17.2. The van der Waals surface area contributed by atoms with Crippen LogP contribution >= 0.6 is 11.3 Å². The number of anilines is 1. The molecule has 1 saturated heterocycles. The molecule has 2 heterocycles. The Morgan fingerprint density at radius 2 is 1.80 bits per heavy atom. The Balaban J connectivity index is 2.46. The number of ether oxygens (including phenoxy) is 2. The van der Waals surface area contributed by atoms with Crippen molar-refractivity contribution in [2.75, 3.05) is 25.6 Å². The lowest BCUT2D eigenvalue weighted by atomic mass is 9.82. The molecule has 1 aromatic rings. The minimum absolute atomic E-state index is 0.0323. The van der Waals surface area contributed by atoms with Gasteiger partial charge in [-0.25, -0.2) is 19.4 Å². The Kier molecular flexibility index (Phi) is 7.99. The first-order valence-corrected chi connectivity index (χ1v) is 11.1. The number of thiazole rings is 1. The monoisotopic (exact) mass is 539 g/mol. The first-order chi connectivity index (χ1) is 16.2. The van der Waals surface area contributed by atoms with Crippen LogP contribution in [0.1, 0.15) is 5.69 Å². The molecule has 19 nitrogen and oxygen atoms in total. The van der Waals surface area contributed by atoms with Gasteiger partial charge >= 0.3 is 28.5 Å². The number of aliphatic carboxylic acids is 1. The van der Waals surface area contributed by atoms with Crippen LogP contribution in [-0.2, 0) is 39.0 Å². The molecule has 0 spiro atoms. The summed E-state index contributed by atoms with van der Waals surface area (Å²) in [7, 11) is -5.36. The highest BCUT2D eigenvalue weighted by molar-refractivity contribution is 7.84. The van der Waals surface area contributed by atoms with Gasteiger partial charge in [-0.1, -0.05) is 5.16 Å². The van der Waals surface area contributed by atoms with Gasteiger partial charge in [0.25, 0.3) is 11.8 Å². The van der Waals surface area contributed by atoms with Crippen molar-refractivity contribution in [1.82, 2.24) is 14.6 Å². The van der Waals surface area contributed by atoms with E-state index in [1.165, 1.54) is 5.38 Å². The number of carbonyl (C=O) groups excluding carboxylic acids is 4. The fourth-order valence-electron chi connectivity index (χ4n) is 2.83. The highest BCUT2D eigenvalue weighted by Gasteiger charge is 2.67. The second-order valence-corrected chi connectivity index (χ2v) is 8.63. The minimum Gasteiger partial charge on any atom is -0.479 e. The third kappa shape index (κ3) is 6.21. The van der Waals surface area contributed by atoms with Gasteiger partial charge in [-0.05, 0) is 0 Å². The molecule has 1 atom stereocenters. The summed E-state index contributed by atoms with van der Waals surface area (Å²) in [5, 5.41) is 15.3. The fraction of sp³-hybridized carbons (Fsp3) is 0.357. The Bertz CT molecular complexity index is 1160. The number of nitrogen functional groups attached to an aromatic ring is 1. The topological polar surface area (TPSA) is 306 Å². The van der Waals surface area contributed by atoms with E-state index in [0.29, 0.717) is 0 Å². The molecule has 35 heavy (non-hydrogen) atoms. The summed E-state index contributed by atoms with van der Waals surface area (Å²) in [5.74, 6) is -4.18. The first kappa shape index (κ1) is 27.0. The summed E-state index contributed by atoms with van der Waals surface area (Å²) in [4.78, 5) is 66.7. The number of rotatable bonds is 11. The van der Waals surface area contributed by atoms with Crippen LogP contribution in [0.2, 0.25) is 0 Å². The second kappa shape index (κ2) is 10.4. The lowest BCUT2D eigenvalue weighted by Crippen LogP contribution is -2.83. The standard InChI is InChI=1S/C14H17N7O12S2/c15-11-18-5(2-34-11)7(20-33-1-6(22)23)9(24)19-8-10(25)21(35(28,29)30)14(8,3-31-12(16)26)4-32-13(17)27/h2,8H,1,3-4H2,(H2,15,18)(H2,16,26)(H2,17,27)(H,19,24)(H,22,23)(H,28,29,30)/b20-7-. The number of nitrogens with one attached hydrogen (secondary N) is 1. The number of amides is 4. The Morgan fingerprint density at radius 3 is 2.23 bits per heavy atom. The van der Waals surface area contributed by atoms with Crippen molar-refractivity contribution in [2.24, 2.45) is 16.6 Å². The van der Waals surface area contributed by atoms with E-state index in [9.17, 15) is 36.9 Å².